The molecule has 0 spiro atoms. The second-order valence-electron chi connectivity index (χ2n) is 9.46. The molecule has 39 heavy (non-hydrogen) atoms. The molecule has 3 aliphatic heterocycles. The number of hydrogen-bond acceptors (Lipinski definition) is 7. The molecule has 0 atom stereocenters. The predicted octanol–water partition coefficient (Wildman–Crippen LogP) is 4.98. The Bertz CT molecular complexity index is 1560. The first-order chi connectivity index (χ1) is 19.1. The molecule has 1 fully saturated rings. The van der Waals surface area contributed by atoms with E-state index in [-0.39, 0.29) is 11.8 Å². The van der Waals surface area contributed by atoms with Gasteiger partial charge in [-0.3, -0.25) is 9.59 Å². The first kappa shape index (κ1) is 24.3. The number of anilines is 8. The van der Waals surface area contributed by atoms with Crippen molar-refractivity contribution < 1.29 is 9.59 Å². The molecule has 0 saturated carbocycles. The van der Waals surface area contributed by atoms with E-state index in [4.69, 9.17) is 5.73 Å². The summed E-state index contributed by atoms with van der Waals surface area (Å²) in [7, 11) is 0. The Kier molecular flexibility index (Phi) is 6.48. The number of para-hydroxylation sites is 6. The first-order valence-corrected chi connectivity index (χ1v) is 12.9. The van der Waals surface area contributed by atoms with Crippen molar-refractivity contribution in [3.63, 3.8) is 0 Å². The number of nitrogens with zero attached hydrogens (tertiary/aromatic N) is 1. The molecule has 7 rings (SSSR count). The van der Waals surface area contributed by atoms with Gasteiger partial charge in [-0.1, -0.05) is 36.4 Å². The lowest BCUT2D eigenvalue weighted by Gasteiger charge is -2.31. The molecule has 4 aromatic carbocycles. The number of nitrogen functional groups attached to an aromatic ring is 1. The minimum absolute atomic E-state index is 0.0653. The number of carbonyl (C=O) groups is 2. The van der Waals surface area contributed by atoms with Crippen molar-refractivity contribution in [2.45, 2.75) is 0 Å². The van der Waals surface area contributed by atoms with E-state index < -0.39 is 0 Å². The van der Waals surface area contributed by atoms with Gasteiger partial charge in [-0.25, -0.2) is 0 Å². The number of fused-ring (bicyclic) bond motifs is 4. The second-order valence-corrected chi connectivity index (χ2v) is 9.46. The van der Waals surface area contributed by atoms with Gasteiger partial charge in [-0.15, -0.1) is 0 Å². The van der Waals surface area contributed by atoms with Crippen LogP contribution in [0.3, 0.4) is 0 Å². The Morgan fingerprint density at radius 3 is 1.64 bits per heavy atom. The molecular weight excluding hydrogens is 490 g/mol. The van der Waals surface area contributed by atoms with Gasteiger partial charge in [0.1, 0.15) is 0 Å². The molecule has 9 nitrogen and oxygen atoms in total. The Morgan fingerprint density at radius 1 is 0.564 bits per heavy atom. The number of benzene rings is 4. The molecule has 2 amide bonds. The monoisotopic (exact) mass is 519 g/mol. The van der Waals surface area contributed by atoms with Crippen molar-refractivity contribution >= 4 is 57.3 Å². The standard InChI is InChI=1S/C17H18N4O.C13H11N3O/c22-17-12-4-3-7-15(21-10-8-18-9-11-21)16(12)19-13-5-1-2-6-14(13)20-17;14-9-5-3-4-8-12(9)15-10-6-1-2-7-11(10)16-13(8)17/h1-7,18-19H,8-11H2,(H,20,22);1-7,15H,14H2,(H,16,17). The van der Waals surface area contributed by atoms with Crippen molar-refractivity contribution in [1.29, 1.82) is 0 Å². The fourth-order valence-corrected chi connectivity index (χ4v) is 4.98. The molecule has 1 saturated heterocycles. The number of nitrogens with two attached hydrogens (primary N) is 1. The molecule has 0 aromatic heterocycles. The van der Waals surface area contributed by atoms with Crippen LogP contribution >= 0.6 is 0 Å². The van der Waals surface area contributed by atoms with Gasteiger partial charge in [0, 0.05) is 26.2 Å². The van der Waals surface area contributed by atoms with Crippen LogP contribution in [0.2, 0.25) is 0 Å². The number of piperazine rings is 1. The fraction of sp³-hybridized carbons (Fsp3) is 0.133. The summed E-state index contributed by atoms with van der Waals surface area (Å²) in [6.07, 6.45) is 0. The third kappa shape index (κ3) is 4.83. The van der Waals surface area contributed by atoms with Gasteiger partial charge >= 0.3 is 0 Å². The molecule has 3 heterocycles. The Morgan fingerprint density at radius 2 is 1.05 bits per heavy atom. The lowest BCUT2D eigenvalue weighted by molar-refractivity contribution is 0.102. The Labute approximate surface area is 226 Å². The number of rotatable bonds is 1. The molecule has 0 unspecified atom stereocenters. The number of hydrogen-bond donors (Lipinski definition) is 6. The van der Waals surface area contributed by atoms with Crippen LogP contribution in [0.4, 0.5) is 45.5 Å². The average Bonchev–Trinajstić information content (AvgIpc) is 3.21. The molecule has 3 aliphatic rings. The van der Waals surface area contributed by atoms with Crippen LogP contribution in [-0.2, 0) is 0 Å². The summed E-state index contributed by atoms with van der Waals surface area (Å²) in [5, 5.41) is 15.8. The van der Waals surface area contributed by atoms with Crippen LogP contribution in [0.25, 0.3) is 0 Å². The normalized spacial score (nSPS) is 15.1. The first-order valence-electron chi connectivity index (χ1n) is 12.9. The van der Waals surface area contributed by atoms with Crippen molar-refractivity contribution in [3.05, 3.63) is 96.1 Å². The van der Waals surface area contributed by atoms with Crippen LogP contribution in [-0.4, -0.2) is 38.0 Å². The minimum Gasteiger partial charge on any atom is -0.397 e. The molecule has 0 radical (unpaired) electrons. The van der Waals surface area contributed by atoms with Crippen LogP contribution < -0.4 is 37.2 Å². The van der Waals surface area contributed by atoms with Gasteiger partial charge in [0.2, 0.25) is 0 Å². The van der Waals surface area contributed by atoms with Crippen molar-refractivity contribution in [3.8, 4) is 0 Å². The van der Waals surface area contributed by atoms with E-state index in [0.29, 0.717) is 22.5 Å². The van der Waals surface area contributed by atoms with Crippen molar-refractivity contribution in [1.82, 2.24) is 5.32 Å². The molecule has 0 aliphatic carbocycles. The summed E-state index contributed by atoms with van der Waals surface area (Å²) in [6, 6.07) is 26.5. The average molecular weight is 520 g/mol. The fourth-order valence-electron chi connectivity index (χ4n) is 4.98. The highest BCUT2D eigenvalue weighted by Gasteiger charge is 2.24. The van der Waals surface area contributed by atoms with Crippen molar-refractivity contribution in [2.75, 3.05) is 58.1 Å². The van der Waals surface area contributed by atoms with Gasteiger partial charge in [0.15, 0.2) is 0 Å². The molecule has 196 valence electrons. The Hall–Kier alpha value is -5.02. The van der Waals surface area contributed by atoms with Gasteiger partial charge in [-0.2, -0.15) is 0 Å². The van der Waals surface area contributed by atoms with Crippen LogP contribution in [0, 0.1) is 0 Å². The maximum Gasteiger partial charge on any atom is 0.257 e. The van der Waals surface area contributed by atoms with Crippen LogP contribution in [0.15, 0.2) is 84.9 Å². The van der Waals surface area contributed by atoms with E-state index in [2.05, 4.69) is 37.6 Å². The summed E-state index contributed by atoms with van der Waals surface area (Å²) in [6.45, 7) is 3.82. The van der Waals surface area contributed by atoms with E-state index in [1.165, 1.54) is 0 Å². The zero-order chi connectivity index (χ0) is 26.8. The molecule has 0 bridgehead atoms. The topological polar surface area (TPSA) is 124 Å². The highest BCUT2D eigenvalue weighted by molar-refractivity contribution is 6.14. The van der Waals surface area contributed by atoms with E-state index in [0.717, 1.165) is 60.3 Å². The molecule has 9 heteroatoms. The third-order valence-corrected chi connectivity index (χ3v) is 6.96. The van der Waals surface area contributed by atoms with E-state index in [9.17, 15) is 9.59 Å². The second kappa shape index (κ2) is 10.4. The van der Waals surface area contributed by atoms with Gasteiger partial charge < -0.3 is 37.2 Å². The molecule has 4 aromatic rings. The zero-order valence-corrected chi connectivity index (χ0v) is 21.3. The quantitative estimate of drug-likeness (QED) is 0.196. The maximum absolute atomic E-state index is 12.5. The largest absolute Gasteiger partial charge is 0.397 e. The summed E-state index contributed by atoms with van der Waals surface area (Å²) >= 11 is 0. The Balaban J connectivity index is 0.000000147. The highest BCUT2D eigenvalue weighted by Crippen LogP contribution is 2.38. The molecular formula is C30H29N7O2. The lowest BCUT2D eigenvalue weighted by atomic mass is 10.1. The van der Waals surface area contributed by atoms with Crippen LogP contribution in [0.1, 0.15) is 20.7 Å². The maximum atomic E-state index is 12.5. The van der Waals surface area contributed by atoms with Gasteiger partial charge in [0.05, 0.1) is 56.6 Å². The summed E-state index contributed by atoms with van der Waals surface area (Å²) in [5.74, 6) is -0.214. The number of amides is 2. The highest BCUT2D eigenvalue weighted by atomic mass is 16.2. The van der Waals surface area contributed by atoms with E-state index in [1.807, 2.05) is 60.7 Å². The summed E-state index contributed by atoms with van der Waals surface area (Å²) in [4.78, 5) is 26.9. The smallest absolute Gasteiger partial charge is 0.257 e. The van der Waals surface area contributed by atoms with Gasteiger partial charge in [0.25, 0.3) is 11.8 Å². The zero-order valence-electron chi connectivity index (χ0n) is 21.3. The lowest BCUT2D eigenvalue weighted by Crippen LogP contribution is -2.43. The number of carbonyl (C=O) groups excluding carboxylic acids is 2. The predicted molar refractivity (Wildman–Crippen MR) is 158 cm³/mol. The van der Waals surface area contributed by atoms with E-state index >= 15 is 0 Å². The minimum atomic E-state index is -0.148. The number of nitrogens with one attached hydrogen (secondary N) is 5. The van der Waals surface area contributed by atoms with E-state index in [1.54, 1.807) is 18.2 Å². The van der Waals surface area contributed by atoms with Gasteiger partial charge in [-0.05, 0) is 48.5 Å². The SMILES string of the molecule is Nc1cccc2c1Nc1ccccc1NC2=O.O=C1Nc2ccccc2Nc2c1cccc2N1CCNCC1. The molecule has 7 N–H and O–H groups in total. The third-order valence-electron chi connectivity index (χ3n) is 6.96. The van der Waals surface area contributed by atoms with Crippen LogP contribution in [0.5, 0.6) is 0 Å². The summed E-state index contributed by atoms with van der Waals surface area (Å²) < 4.78 is 0. The van der Waals surface area contributed by atoms with Crippen molar-refractivity contribution in [2.24, 2.45) is 0 Å². The summed E-state index contributed by atoms with van der Waals surface area (Å²) in [5.41, 5.74) is 13.7.